The maximum Gasteiger partial charge on any atom is 0.284 e. The van der Waals surface area contributed by atoms with Gasteiger partial charge in [-0.1, -0.05) is 23.7 Å². The van der Waals surface area contributed by atoms with Crippen LogP contribution in [0.25, 0.3) is 0 Å². The molecule has 0 unspecified atom stereocenters. The average Bonchev–Trinajstić information content (AvgIpc) is 3.38. The maximum atomic E-state index is 13.9. The van der Waals surface area contributed by atoms with Crippen LogP contribution in [0.4, 0.5) is 0 Å². The van der Waals surface area contributed by atoms with Gasteiger partial charge in [0.25, 0.3) is 11.8 Å². The topological polar surface area (TPSA) is 159 Å². The second-order valence-corrected chi connectivity index (χ2v) is 11.4. The number of aryl methyl sites for hydroxylation is 1. The number of allylic oxidation sites excluding steroid dienone is 1. The molecule has 4 N–H and O–H groups in total. The molecule has 0 aromatic heterocycles. The highest BCUT2D eigenvalue weighted by Crippen LogP contribution is 2.44. The second-order valence-electron chi connectivity index (χ2n) is 10.9. The summed E-state index contributed by atoms with van der Waals surface area (Å²) in [5.41, 5.74) is 6.16. The summed E-state index contributed by atoms with van der Waals surface area (Å²) >= 11 is 6.25. The molecule has 1 saturated heterocycles. The summed E-state index contributed by atoms with van der Waals surface area (Å²) in [6, 6.07) is 11.0. The van der Waals surface area contributed by atoms with Gasteiger partial charge < -0.3 is 30.8 Å². The van der Waals surface area contributed by atoms with Crippen molar-refractivity contribution < 1.29 is 23.9 Å². The molecule has 3 rings (SSSR count). The smallest absolute Gasteiger partial charge is 0.284 e. The van der Waals surface area contributed by atoms with E-state index in [1.54, 1.807) is 24.8 Å². The molecule has 3 amide bonds. The fourth-order valence-electron chi connectivity index (χ4n) is 5.12. The Morgan fingerprint density at radius 3 is 2.52 bits per heavy atom. The molecule has 3 atom stereocenters. The summed E-state index contributed by atoms with van der Waals surface area (Å²) in [6.07, 6.45) is 2.46. The number of nitrogens with one attached hydrogen (secondary N) is 2. The summed E-state index contributed by atoms with van der Waals surface area (Å²) in [7, 11) is 1.38. The zero-order valence-electron chi connectivity index (χ0n) is 24.6. The van der Waals surface area contributed by atoms with E-state index in [0.717, 1.165) is 5.56 Å². The molecule has 0 aliphatic carbocycles. The lowest BCUT2D eigenvalue weighted by molar-refractivity contribution is -0.137. The number of hydrogen-bond donors (Lipinski definition) is 3. The first kappa shape index (κ1) is 32.2. The summed E-state index contributed by atoms with van der Waals surface area (Å²) in [4.78, 5) is 40.8. The highest BCUT2D eigenvalue weighted by Gasteiger charge is 2.46. The molecular weight excluding hydrogens is 558 g/mol. The molecule has 1 aliphatic heterocycles. The number of nitriles is 1. The molecular formula is C31H36ClN5O5. The quantitative estimate of drug-likeness (QED) is 0.203. The maximum absolute atomic E-state index is 13.9. The Morgan fingerprint density at radius 2 is 1.95 bits per heavy atom. The van der Waals surface area contributed by atoms with Gasteiger partial charge in [-0.05, 0) is 82.9 Å². The van der Waals surface area contributed by atoms with Crippen molar-refractivity contribution in [3.05, 3.63) is 69.9 Å². The number of ether oxygens (including phenoxy) is 2. The molecule has 222 valence electrons. The van der Waals surface area contributed by atoms with Gasteiger partial charge in [0.1, 0.15) is 6.04 Å². The third kappa shape index (κ3) is 7.09. The molecule has 1 aliphatic rings. The van der Waals surface area contributed by atoms with Crippen molar-refractivity contribution >= 4 is 35.0 Å². The summed E-state index contributed by atoms with van der Waals surface area (Å²) in [5, 5.41) is 20.8. The lowest BCUT2D eigenvalue weighted by atomic mass is 9.84. The van der Waals surface area contributed by atoms with Crippen LogP contribution in [0.2, 0.25) is 5.02 Å². The van der Waals surface area contributed by atoms with Gasteiger partial charge in [0, 0.05) is 22.4 Å². The Bertz CT molecular complexity index is 1480. The van der Waals surface area contributed by atoms with Crippen LogP contribution >= 0.6 is 11.6 Å². The number of nitrogens with zero attached hydrogens (tertiary/aromatic N) is 2. The highest BCUT2D eigenvalue weighted by atomic mass is 35.5. The number of primary amides is 1. The summed E-state index contributed by atoms with van der Waals surface area (Å²) in [6.45, 7) is 8.35. The lowest BCUT2D eigenvalue weighted by Crippen LogP contribution is -2.52. The predicted molar refractivity (Wildman–Crippen MR) is 159 cm³/mol. The van der Waals surface area contributed by atoms with E-state index in [0.29, 0.717) is 23.4 Å². The predicted octanol–water partition coefficient (Wildman–Crippen LogP) is 4.85. The van der Waals surface area contributed by atoms with E-state index < -0.39 is 23.3 Å². The van der Waals surface area contributed by atoms with Gasteiger partial charge in [0.15, 0.2) is 17.3 Å². The molecule has 0 bridgehead atoms. The third-order valence-electron chi connectivity index (χ3n) is 7.24. The minimum atomic E-state index is -0.920. The molecule has 10 nitrogen and oxygen atoms in total. The Balaban J connectivity index is 1.89. The number of methoxy groups -OCH3 is 1. The van der Waals surface area contributed by atoms with Crippen molar-refractivity contribution in [2.75, 3.05) is 7.11 Å². The van der Waals surface area contributed by atoms with Crippen molar-refractivity contribution in [2.45, 2.75) is 65.6 Å². The number of amides is 3. The first-order valence-corrected chi connectivity index (χ1v) is 13.8. The zero-order chi connectivity index (χ0) is 31.4. The molecule has 0 saturated carbocycles. The minimum absolute atomic E-state index is 0.0612. The number of hydrogen-bond acceptors (Lipinski definition) is 7. The van der Waals surface area contributed by atoms with Crippen molar-refractivity contribution in [3.63, 3.8) is 0 Å². The second kappa shape index (κ2) is 13.1. The number of likely N-dealkylation sites (tertiary alicyclic amines) is 1. The van der Waals surface area contributed by atoms with E-state index >= 15 is 0 Å². The largest absolute Gasteiger partial charge is 0.493 e. The molecule has 42 heavy (non-hydrogen) atoms. The van der Waals surface area contributed by atoms with Gasteiger partial charge in [-0.15, -0.1) is 0 Å². The van der Waals surface area contributed by atoms with Crippen LogP contribution in [-0.2, 0) is 9.59 Å². The zero-order valence-corrected chi connectivity index (χ0v) is 25.3. The standard InChI is InChI=1S/C31H36ClN5O5/c1-17-12-21(15-24(41-6)27(17)42-25(28(35)38)13-18(2)34)29(39)36-19(3)30(40)37-23(20-8-7-9-22(32)14-20)10-11-26(37)31(4,5)16-33/h7-9,12-15,19,23,26,34H,10-11H2,1-6H3,(H2,35,38)(H,36,39)/b25-13+,34-18?/t19-,23+,26-/m1/s1. The molecule has 11 heteroatoms. The van der Waals surface area contributed by atoms with Crippen molar-refractivity contribution in [1.29, 1.82) is 10.7 Å². The van der Waals surface area contributed by atoms with Crippen LogP contribution in [-0.4, -0.2) is 47.5 Å². The molecule has 1 fully saturated rings. The van der Waals surface area contributed by atoms with Gasteiger partial charge in [-0.25, -0.2) is 0 Å². The van der Waals surface area contributed by atoms with Gasteiger partial charge >= 0.3 is 0 Å². The number of nitrogens with two attached hydrogens (primary N) is 1. The molecule has 2 aromatic rings. The fraction of sp³-hybridized carbons (Fsp3) is 0.387. The summed E-state index contributed by atoms with van der Waals surface area (Å²) in [5.74, 6) is -1.65. The Hall–Kier alpha value is -4.36. The van der Waals surface area contributed by atoms with Gasteiger partial charge in [0.05, 0.1) is 30.7 Å². The highest BCUT2D eigenvalue weighted by molar-refractivity contribution is 6.30. The van der Waals surface area contributed by atoms with E-state index in [1.165, 1.54) is 32.2 Å². The SMILES string of the molecule is COc1cc(C(=O)N[C@H](C)C(=O)N2[C@H](c3cccc(Cl)c3)CC[C@@H]2C(C)(C)C#N)cc(C)c1O/C(=C/C(C)=N)C(N)=O. The molecule has 1 heterocycles. The van der Waals surface area contributed by atoms with E-state index in [-0.39, 0.29) is 46.5 Å². The van der Waals surface area contributed by atoms with E-state index in [1.807, 2.05) is 32.0 Å². The number of carbonyl (C=O) groups excluding carboxylic acids is 3. The molecule has 0 radical (unpaired) electrons. The van der Waals surface area contributed by atoms with Crippen LogP contribution in [0.1, 0.15) is 68.1 Å². The van der Waals surface area contributed by atoms with Crippen LogP contribution in [0.15, 0.2) is 48.2 Å². The molecule has 2 aromatic carbocycles. The Morgan fingerprint density at radius 1 is 1.26 bits per heavy atom. The Labute approximate surface area is 250 Å². The summed E-state index contributed by atoms with van der Waals surface area (Å²) < 4.78 is 11.1. The first-order valence-electron chi connectivity index (χ1n) is 13.4. The van der Waals surface area contributed by atoms with Crippen LogP contribution < -0.4 is 20.5 Å². The lowest BCUT2D eigenvalue weighted by Gasteiger charge is -2.38. The average molecular weight is 594 g/mol. The number of carbonyl (C=O) groups is 3. The van der Waals surface area contributed by atoms with Gasteiger partial charge in [0.2, 0.25) is 5.91 Å². The van der Waals surface area contributed by atoms with Crippen molar-refractivity contribution in [1.82, 2.24) is 10.2 Å². The first-order chi connectivity index (χ1) is 19.7. The fourth-order valence-corrected chi connectivity index (χ4v) is 5.32. The number of benzene rings is 2. The van der Waals surface area contributed by atoms with Crippen LogP contribution in [0.3, 0.4) is 0 Å². The third-order valence-corrected chi connectivity index (χ3v) is 7.47. The van der Waals surface area contributed by atoms with Gasteiger partial charge in [-0.2, -0.15) is 5.26 Å². The van der Waals surface area contributed by atoms with Crippen LogP contribution in [0.5, 0.6) is 11.5 Å². The van der Waals surface area contributed by atoms with Crippen molar-refractivity contribution in [2.24, 2.45) is 11.1 Å². The number of halogens is 1. The van der Waals surface area contributed by atoms with Crippen LogP contribution in [0, 0.1) is 29.1 Å². The normalized spacial score (nSPS) is 17.7. The van der Waals surface area contributed by atoms with Gasteiger partial charge in [-0.3, -0.25) is 14.4 Å². The number of rotatable bonds is 10. The van der Waals surface area contributed by atoms with E-state index in [9.17, 15) is 19.6 Å². The minimum Gasteiger partial charge on any atom is -0.493 e. The monoisotopic (exact) mass is 593 g/mol. The van der Waals surface area contributed by atoms with E-state index in [4.69, 9.17) is 32.2 Å². The van der Waals surface area contributed by atoms with Crippen molar-refractivity contribution in [3.8, 4) is 17.6 Å². The Kier molecular flexibility index (Phi) is 10.0. The molecule has 0 spiro atoms. The van der Waals surface area contributed by atoms with E-state index in [2.05, 4.69) is 11.4 Å².